The average Bonchev–Trinajstić information content (AvgIpc) is 2.82. The zero-order valence-electron chi connectivity index (χ0n) is 9.74. The molecule has 1 aromatic carbocycles. The topological polar surface area (TPSA) is 47.3 Å². The molecule has 2 rings (SSSR count). The van der Waals surface area contributed by atoms with Crippen LogP contribution in [-0.4, -0.2) is 12.3 Å². The summed E-state index contributed by atoms with van der Waals surface area (Å²) in [6, 6.07) is 5.89. The van der Waals surface area contributed by atoms with Crippen molar-refractivity contribution in [3.8, 4) is 5.75 Å². The van der Waals surface area contributed by atoms with Gasteiger partial charge in [-0.1, -0.05) is 5.16 Å². The summed E-state index contributed by atoms with van der Waals surface area (Å²) in [7, 11) is 1.65. The summed E-state index contributed by atoms with van der Waals surface area (Å²) in [5.74, 6) is 0.801. The molecule has 1 aromatic heterocycles. The number of rotatable bonds is 5. The summed E-state index contributed by atoms with van der Waals surface area (Å²) in [6.07, 6.45) is 1.57. The molecule has 1 N–H and O–H groups in total. The summed E-state index contributed by atoms with van der Waals surface area (Å²) in [5.41, 5.74) is 2.04. The summed E-state index contributed by atoms with van der Waals surface area (Å²) in [4.78, 5) is 0. The Hall–Kier alpha value is -0.850. The lowest BCUT2D eigenvalue weighted by atomic mass is 10.2. The molecule has 0 fully saturated rings. The number of methoxy groups -OCH3 is 1. The first-order valence-electron chi connectivity index (χ1n) is 5.32. The average molecular weight is 376 g/mol. The second-order valence-corrected chi connectivity index (χ2v) is 5.40. The maximum Gasteiger partial charge on any atom is 0.147 e. The number of ether oxygens (including phenoxy) is 1. The van der Waals surface area contributed by atoms with Crippen LogP contribution in [0.4, 0.5) is 0 Å². The summed E-state index contributed by atoms with van der Waals surface area (Å²) in [5, 5.41) is 7.12. The Bertz CT molecular complexity index is 492. The van der Waals surface area contributed by atoms with Gasteiger partial charge in [-0.2, -0.15) is 0 Å². The molecule has 0 aliphatic carbocycles. The van der Waals surface area contributed by atoms with Gasteiger partial charge in [-0.15, -0.1) is 0 Å². The highest BCUT2D eigenvalue weighted by Gasteiger charge is 2.07. The normalized spacial score (nSPS) is 10.6. The van der Waals surface area contributed by atoms with E-state index < -0.39 is 0 Å². The van der Waals surface area contributed by atoms with Crippen molar-refractivity contribution >= 4 is 31.9 Å². The molecule has 0 saturated heterocycles. The quantitative estimate of drug-likeness (QED) is 0.868. The largest absolute Gasteiger partial charge is 0.494 e. The van der Waals surface area contributed by atoms with Crippen molar-refractivity contribution in [3.63, 3.8) is 0 Å². The summed E-state index contributed by atoms with van der Waals surface area (Å²) < 4.78 is 11.9. The van der Waals surface area contributed by atoms with Crippen LogP contribution in [0.15, 0.2) is 37.9 Å². The number of nitrogens with one attached hydrogen (secondary N) is 1. The van der Waals surface area contributed by atoms with Gasteiger partial charge in [0.15, 0.2) is 0 Å². The third-order valence-corrected chi connectivity index (χ3v) is 3.57. The Kier molecular flexibility index (Phi) is 4.79. The molecule has 0 unspecified atom stereocenters. The molecule has 6 heteroatoms. The van der Waals surface area contributed by atoms with Gasteiger partial charge in [0.25, 0.3) is 0 Å². The maximum atomic E-state index is 5.26. The highest BCUT2D eigenvalue weighted by molar-refractivity contribution is 9.11. The van der Waals surface area contributed by atoms with Crippen molar-refractivity contribution in [1.29, 1.82) is 0 Å². The van der Waals surface area contributed by atoms with Crippen molar-refractivity contribution in [1.82, 2.24) is 10.5 Å². The molecule has 0 atom stereocenters. The van der Waals surface area contributed by atoms with E-state index in [1.807, 2.05) is 18.2 Å². The Morgan fingerprint density at radius 3 is 2.56 bits per heavy atom. The van der Waals surface area contributed by atoms with E-state index in [1.54, 1.807) is 13.4 Å². The molecule has 18 heavy (non-hydrogen) atoms. The Balaban J connectivity index is 1.97. The second kappa shape index (κ2) is 6.36. The number of hydrogen-bond acceptors (Lipinski definition) is 4. The predicted molar refractivity (Wildman–Crippen MR) is 75.4 cm³/mol. The third-order valence-electron chi connectivity index (χ3n) is 2.39. The SMILES string of the molecule is COc1c(Br)cc(CNCc2ccon2)cc1Br. The zero-order valence-corrected chi connectivity index (χ0v) is 12.9. The van der Waals surface area contributed by atoms with E-state index in [4.69, 9.17) is 9.26 Å². The van der Waals surface area contributed by atoms with E-state index in [2.05, 4.69) is 42.3 Å². The molecule has 0 radical (unpaired) electrons. The first-order valence-corrected chi connectivity index (χ1v) is 6.91. The predicted octanol–water partition coefficient (Wildman–Crippen LogP) is 3.50. The van der Waals surface area contributed by atoms with Crippen LogP contribution in [0.5, 0.6) is 5.75 Å². The number of hydrogen-bond donors (Lipinski definition) is 1. The van der Waals surface area contributed by atoms with Gasteiger partial charge >= 0.3 is 0 Å². The molecular formula is C12H12Br2N2O2. The Labute approximate surface area is 122 Å². The molecule has 0 aliphatic heterocycles. The first-order chi connectivity index (χ1) is 8.70. The van der Waals surface area contributed by atoms with Crippen molar-refractivity contribution in [3.05, 3.63) is 44.7 Å². The summed E-state index contributed by atoms with van der Waals surface area (Å²) in [6.45, 7) is 1.42. The molecule has 0 bridgehead atoms. The molecule has 0 aliphatic rings. The Morgan fingerprint density at radius 2 is 2.00 bits per heavy atom. The van der Waals surface area contributed by atoms with Crippen LogP contribution in [0, 0.1) is 0 Å². The van der Waals surface area contributed by atoms with Crippen LogP contribution >= 0.6 is 31.9 Å². The first kappa shape index (κ1) is 13.6. The van der Waals surface area contributed by atoms with Crippen LogP contribution in [0.1, 0.15) is 11.3 Å². The van der Waals surface area contributed by atoms with E-state index in [-0.39, 0.29) is 0 Å². The van der Waals surface area contributed by atoms with Crippen LogP contribution in [-0.2, 0) is 13.1 Å². The lowest BCUT2D eigenvalue weighted by molar-refractivity contribution is 0.408. The molecule has 0 amide bonds. The van der Waals surface area contributed by atoms with Crippen LogP contribution < -0.4 is 10.1 Å². The van der Waals surface area contributed by atoms with Crippen molar-refractivity contribution < 1.29 is 9.26 Å². The number of benzene rings is 1. The van der Waals surface area contributed by atoms with Crippen LogP contribution in [0.25, 0.3) is 0 Å². The third kappa shape index (κ3) is 3.34. The van der Waals surface area contributed by atoms with Gasteiger partial charge in [0.2, 0.25) is 0 Å². The number of halogens is 2. The molecule has 4 nitrogen and oxygen atoms in total. The number of nitrogens with zero attached hydrogens (tertiary/aromatic N) is 1. The molecule has 1 heterocycles. The van der Waals surface area contributed by atoms with Gasteiger partial charge in [-0.05, 0) is 49.6 Å². The fourth-order valence-electron chi connectivity index (χ4n) is 1.57. The van der Waals surface area contributed by atoms with Gasteiger partial charge in [0, 0.05) is 19.2 Å². The van der Waals surface area contributed by atoms with Gasteiger partial charge in [0.05, 0.1) is 21.7 Å². The van der Waals surface area contributed by atoms with E-state index in [9.17, 15) is 0 Å². The van der Waals surface area contributed by atoms with Gasteiger partial charge in [0.1, 0.15) is 12.0 Å². The van der Waals surface area contributed by atoms with Crippen molar-refractivity contribution in [2.24, 2.45) is 0 Å². The molecule has 0 saturated carbocycles. The molecule has 96 valence electrons. The molecule has 0 spiro atoms. The highest BCUT2D eigenvalue weighted by atomic mass is 79.9. The fraction of sp³-hybridized carbons (Fsp3) is 0.250. The van der Waals surface area contributed by atoms with E-state index in [1.165, 1.54) is 0 Å². The summed E-state index contributed by atoms with van der Waals surface area (Å²) >= 11 is 6.96. The van der Waals surface area contributed by atoms with Crippen LogP contribution in [0.3, 0.4) is 0 Å². The second-order valence-electron chi connectivity index (χ2n) is 3.69. The van der Waals surface area contributed by atoms with Gasteiger partial charge in [-0.25, -0.2) is 0 Å². The minimum absolute atomic E-state index is 0.678. The van der Waals surface area contributed by atoms with E-state index in [0.717, 1.165) is 32.5 Å². The fourth-order valence-corrected chi connectivity index (χ4v) is 3.18. The Morgan fingerprint density at radius 1 is 1.28 bits per heavy atom. The lowest BCUT2D eigenvalue weighted by Crippen LogP contribution is -2.13. The van der Waals surface area contributed by atoms with Crippen molar-refractivity contribution in [2.75, 3.05) is 7.11 Å². The lowest BCUT2D eigenvalue weighted by Gasteiger charge is -2.09. The monoisotopic (exact) mass is 374 g/mol. The molecule has 2 aromatic rings. The van der Waals surface area contributed by atoms with E-state index >= 15 is 0 Å². The smallest absolute Gasteiger partial charge is 0.147 e. The van der Waals surface area contributed by atoms with Gasteiger partial charge in [-0.3, -0.25) is 0 Å². The van der Waals surface area contributed by atoms with Crippen LogP contribution in [0.2, 0.25) is 0 Å². The highest BCUT2D eigenvalue weighted by Crippen LogP contribution is 2.34. The maximum absolute atomic E-state index is 5.26. The van der Waals surface area contributed by atoms with Crippen molar-refractivity contribution in [2.45, 2.75) is 13.1 Å². The standard InChI is InChI=1S/C12H12Br2N2O2/c1-17-12-10(13)4-8(5-11(12)14)6-15-7-9-2-3-18-16-9/h2-5,15H,6-7H2,1H3. The minimum Gasteiger partial charge on any atom is -0.494 e. The molecular weight excluding hydrogens is 364 g/mol. The van der Waals surface area contributed by atoms with E-state index in [0.29, 0.717) is 6.54 Å². The number of aromatic nitrogens is 1. The zero-order chi connectivity index (χ0) is 13.0. The van der Waals surface area contributed by atoms with Gasteiger partial charge < -0.3 is 14.6 Å². The minimum atomic E-state index is 0.678.